The quantitative estimate of drug-likeness (QED) is 0.758. The number of carbonyl (C=O) groups excluding carboxylic acids is 1. The van der Waals surface area contributed by atoms with Crippen LogP contribution in [0.4, 0.5) is 18.9 Å². The molecule has 3 rings (SSSR count). The summed E-state index contributed by atoms with van der Waals surface area (Å²) in [6.45, 7) is 1.06. The van der Waals surface area contributed by atoms with Gasteiger partial charge in [-0.3, -0.25) is 4.79 Å². The fourth-order valence-electron chi connectivity index (χ4n) is 3.16. The molecule has 0 spiro atoms. The molecule has 2 aromatic carbocycles. The number of hydrogen-bond acceptors (Lipinski definition) is 3. The van der Waals surface area contributed by atoms with Crippen LogP contribution in [0.1, 0.15) is 30.4 Å². The molecular formula is C20H21F3N2O3S. The number of amides is 1. The summed E-state index contributed by atoms with van der Waals surface area (Å²) in [6.07, 6.45) is -2.35. The second-order valence-electron chi connectivity index (χ2n) is 6.88. The van der Waals surface area contributed by atoms with Crippen molar-refractivity contribution < 1.29 is 26.4 Å². The maximum atomic E-state index is 12.7. The highest BCUT2D eigenvalue weighted by Crippen LogP contribution is 2.30. The number of benzene rings is 2. The molecule has 0 unspecified atom stereocenters. The number of carbonyl (C=O) groups is 1. The Morgan fingerprint density at radius 3 is 2.31 bits per heavy atom. The molecule has 0 radical (unpaired) electrons. The molecule has 29 heavy (non-hydrogen) atoms. The Labute approximate surface area is 167 Å². The van der Waals surface area contributed by atoms with E-state index in [2.05, 4.69) is 5.32 Å². The van der Waals surface area contributed by atoms with E-state index < -0.39 is 27.7 Å². The van der Waals surface area contributed by atoms with Gasteiger partial charge in [0, 0.05) is 25.2 Å². The molecule has 1 N–H and O–H groups in total. The van der Waals surface area contributed by atoms with Crippen molar-refractivity contribution in [3.63, 3.8) is 0 Å². The lowest BCUT2D eigenvalue weighted by atomic mass is 10.1. The topological polar surface area (TPSA) is 66.5 Å². The fourth-order valence-corrected chi connectivity index (χ4v) is 4.68. The van der Waals surface area contributed by atoms with Crippen LogP contribution in [0.15, 0.2) is 53.4 Å². The number of aryl methyl sites for hydroxylation is 1. The van der Waals surface area contributed by atoms with Crippen molar-refractivity contribution in [1.82, 2.24) is 4.31 Å². The second kappa shape index (κ2) is 8.54. The fraction of sp³-hybridized carbons (Fsp3) is 0.350. The average Bonchev–Trinajstić information content (AvgIpc) is 3.22. The Balaban J connectivity index is 1.57. The molecular weight excluding hydrogens is 405 g/mol. The minimum absolute atomic E-state index is 0.0640. The second-order valence-corrected chi connectivity index (χ2v) is 8.82. The predicted octanol–water partition coefficient (Wildman–Crippen LogP) is 4.06. The number of sulfonamides is 1. The lowest BCUT2D eigenvalue weighted by Gasteiger charge is -2.15. The van der Waals surface area contributed by atoms with Crippen LogP contribution in [0, 0.1) is 0 Å². The SMILES string of the molecule is O=C(CCc1ccc(S(=O)(=O)N2CCCC2)cc1)Nc1cccc(C(F)(F)F)c1. The number of nitrogens with one attached hydrogen (secondary N) is 1. The van der Waals surface area contributed by atoms with Crippen LogP contribution in [0.5, 0.6) is 0 Å². The van der Waals surface area contributed by atoms with Crippen molar-refractivity contribution in [2.75, 3.05) is 18.4 Å². The van der Waals surface area contributed by atoms with Crippen molar-refractivity contribution in [2.24, 2.45) is 0 Å². The first kappa shape index (κ1) is 21.3. The first-order valence-electron chi connectivity index (χ1n) is 9.22. The third kappa shape index (κ3) is 5.36. The van der Waals surface area contributed by atoms with Crippen LogP contribution in [-0.4, -0.2) is 31.7 Å². The zero-order valence-corrected chi connectivity index (χ0v) is 16.4. The summed E-state index contributed by atoms with van der Waals surface area (Å²) in [7, 11) is -3.48. The Bertz CT molecular complexity index is 967. The van der Waals surface area contributed by atoms with Crippen molar-refractivity contribution in [3.8, 4) is 0 Å². The van der Waals surface area contributed by atoms with E-state index in [9.17, 15) is 26.4 Å². The van der Waals surface area contributed by atoms with Gasteiger partial charge < -0.3 is 5.32 Å². The van der Waals surface area contributed by atoms with E-state index in [0.717, 1.165) is 30.5 Å². The molecule has 156 valence electrons. The Morgan fingerprint density at radius 2 is 1.69 bits per heavy atom. The van der Waals surface area contributed by atoms with Gasteiger partial charge in [0.25, 0.3) is 0 Å². The summed E-state index contributed by atoms with van der Waals surface area (Å²) in [5.41, 5.74) is 0.0199. The zero-order chi connectivity index (χ0) is 21.1. The van der Waals surface area contributed by atoms with E-state index in [1.165, 1.54) is 28.6 Å². The van der Waals surface area contributed by atoms with Crippen molar-refractivity contribution in [3.05, 3.63) is 59.7 Å². The van der Waals surface area contributed by atoms with Crippen LogP contribution in [0.25, 0.3) is 0 Å². The summed E-state index contributed by atoms with van der Waals surface area (Å²) in [5.74, 6) is -0.418. The van der Waals surface area contributed by atoms with E-state index >= 15 is 0 Å². The molecule has 5 nitrogen and oxygen atoms in total. The van der Waals surface area contributed by atoms with Gasteiger partial charge in [0.15, 0.2) is 0 Å². The van der Waals surface area contributed by atoms with Gasteiger partial charge in [-0.15, -0.1) is 0 Å². The molecule has 1 fully saturated rings. The monoisotopic (exact) mass is 426 g/mol. The number of hydrogen-bond donors (Lipinski definition) is 1. The molecule has 0 bridgehead atoms. The molecule has 1 heterocycles. The molecule has 1 aliphatic rings. The molecule has 1 saturated heterocycles. The highest BCUT2D eigenvalue weighted by Gasteiger charge is 2.30. The summed E-state index contributed by atoms with van der Waals surface area (Å²) in [4.78, 5) is 12.3. The normalized spacial score (nSPS) is 15.4. The van der Waals surface area contributed by atoms with Gasteiger partial charge in [0.1, 0.15) is 0 Å². The van der Waals surface area contributed by atoms with Gasteiger partial charge in [-0.1, -0.05) is 18.2 Å². The smallest absolute Gasteiger partial charge is 0.326 e. The highest BCUT2D eigenvalue weighted by molar-refractivity contribution is 7.89. The van der Waals surface area contributed by atoms with Crippen LogP contribution < -0.4 is 5.32 Å². The van der Waals surface area contributed by atoms with Gasteiger partial charge in [-0.2, -0.15) is 17.5 Å². The number of nitrogens with zero attached hydrogens (tertiary/aromatic N) is 1. The van der Waals surface area contributed by atoms with Gasteiger partial charge in [-0.25, -0.2) is 8.42 Å². The third-order valence-corrected chi connectivity index (χ3v) is 6.65. The summed E-state index contributed by atoms with van der Waals surface area (Å²) < 4.78 is 64.6. The molecule has 0 aliphatic carbocycles. The van der Waals surface area contributed by atoms with Gasteiger partial charge in [0.2, 0.25) is 15.9 Å². The highest BCUT2D eigenvalue weighted by atomic mass is 32.2. The first-order chi connectivity index (χ1) is 13.7. The van der Waals surface area contributed by atoms with Crippen LogP contribution >= 0.6 is 0 Å². The summed E-state index contributed by atoms with van der Waals surface area (Å²) in [6, 6.07) is 10.8. The largest absolute Gasteiger partial charge is 0.416 e. The lowest BCUT2D eigenvalue weighted by Crippen LogP contribution is -2.27. The summed E-state index contributed by atoms with van der Waals surface area (Å²) >= 11 is 0. The lowest BCUT2D eigenvalue weighted by molar-refractivity contribution is -0.137. The predicted molar refractivity (Wildman–Crippen MR) is 103 cm³/mol. The first-order valence-corrected chi connectivity index (χ1v) is 10.7. The van der Waals surface area contributed by atoms with E-state index in [-0.39, 0.29) is 17.0 Å². The average molecular weight is 426 g/mol. The summed E-state index contributed by atoms with van der Waals surface area (Å²) in [5, 5.41) is 2.46. The Morgan fingerprint density at radius 1 is 1.03 bits per heavy atom. The third-order valence-electron chi connectivity index (χ3n) is 4.74. The molecule has 9 heteroatoms. The van der Waals surface area contributed by atoms with Crippen molar-refractivity contribution in [2.45, 2.75) is 36.8 Å². The van der Waals surface area contributed by atoms with Crippen molar-refractivity contribution in [1.29, 1.82) is 0 Å². The van der Waals surface area contributed by atoms with Gasteiger partial charge in [-0.05, 0) is 55.2 Å². The number of halogens is 3. The Kier molecular flexibility index (Phi) is 6.28. The maximum absolute atomic E-state index is 12.7. The van der Waals surface area contributed by atoms with Crippen LogP contribution in [0.3, 0.4) is 0 Å². The zero-order valence-electron chi connectivity index (χ0n) is 15.6. The molecule has 0 aromatic heterocycles. The molecule has 2 aromatic rings. The standard InChI is InChI=1S/C20H21F3N2O3S/c21-20(22,23)16-4-3-5-17(14-16)24-19(26)11-8-15-6-9-18(10-7-15)29(27,28)25-12-1-2-13-25/h3-7,9-10,14H,1-2,8,11-13H2,(H,24,26). The molecule has 1 amide bonds. The minimum Gasteiger partial charge on any atom is -0.326 e. The number of rotatable bonds is 6. The van der Waals surface area contributed by atoms with Gasteiger partial charge in [0.05, 0.1) is 10.5 Å². The molecule has 0 atom stereocenters. The van der Waals surface area contributed by atoms with Crippen LogP contribution in [-0.2, 0) is 27.4 Å². The molecule has 0 saturated carbocycles. The molecule has 1 aliphatic heterocycles. The van der Waals surface area contributed by atoms with E-state index in [4.69, 9.17) is 0 Å². The number of anilines is 1. The van der Waals surface area contributed by atoms with E-state index in [0.29, 0.717) is 19.5 Å². The minimum atomic E-state index is -4.47. The maximum Gasteiger partial charge on any atom is 0.416 e. The van der Waals surface area contributed by atoms with Gasteiger partial charge >= 0.3 is 6.18 Å². The van der Waals surface area contributed by atoms with E-state index in [1.54, 1.807) is 12.1 Å². The number of alkyl halides is 3. The van der Waals surface area contributed by atoms with Crippen molar-refractivity contribution >= 4 is 21.6 Å². The van der Waals surface area contributed by atoms with E-state index in [1.807, 2.05) is 0 Å². The Hall–Kier alpha value is -2.39. The van der Waals surface area contributed by atoms with Crippen LogP contribution in [0.2, 0.25) is 0 Å².